The molecule has 0 aromatic rings. The lowest BCUT2D eigenvalue weighted by molar-refractivity contribution is -0.146. The molecule has 2 fully saturated rings. The number of aliphatic hydroxyl groups is 2. The lowest BCUT2D eigenvalue weighted by Crippen LogP contribution is -2.50. The molecule has 23 heavy (non-hydrogen) atoms. The van der Waals surface area contributed by atoms with Crippen LogP contribution in [0.4, 0.5) is 0 Å². The molecular formula is C18H26O5. The molecule has 2 N–H and O–H groups in total. The molecule has 5 nitrogen and oxygen atoms in total. The molecule has 4 unspecified atom stereocenters. The number of Topliss-reactive ketones (excluding diaryl/α,β-unsaturated/α-hetero) is 1. The maximum atomic E-state index is 12.5. The van der Waals surface area contributed by atoms with Crippen LogP contribution in [0.3, 0.4) is 0 Å². The van der Waals surface area contributed by atoms with Gasteiger partial charge < -0.3 is 14.9 Å². The van der Waals surface area contributed by atoms with Crippen LogP contribution in [0.2, 0.25) is 0 Å². The Morgan fingerprint density at radius 3 is 2.61 bits per heavy atom. The number of rotatable bonds is 4. The van der Waals surface area contributed by atoms with Gasteiger partial charge in [-0.2, -0.15) is 0 Å². The summed E-state index contributed by atoms with van der Waals surface area (Å²) in [7, 11) is 0. The first kappa shape index (κ1) is 17.9. The molecule has 1 saturated carbocycles. The minimum absolute atomic E-state index is 0.0158. The predicted molar refractivity (Wildman–Crippen MR) is 85.6 cm³/mol. The summed E-state index contributed by atoms with van der Waals surface area (Å²) < 4.78 is 5.36. The number of carbonyl (C=O) groups is 2. The molecule has 128 valence electrons. The smallest absolute Gasteiger partial charge is 0.307 e. The van der Waals surface area contributed by atoms with E-state index in [1.165, 1.54) is 5.57 Å². The van der Waals surface area contributed by atoms with Crippen molar-refractivity contribution in [3.8, 4) is 0 Å². The Morgan fingerprint density at radius 1 is 1.26 bits per heavy atom. The molecule has 5 heteroatoms. The number of carbonyl (C=O) groups excluding carboxylic acids is 2. The number of hydrogen-bond donors (Lipinski definition) is 2. The highest BCUT2D eigenvalue weighted by Crippen LogP contribution is 2.46. The summed E-state index contributed by atoms with van der Waals surface area (Å²) in [5, 5.41) is 19.6. The summed E-state index contributed by atoms with van der Waals surface area (Å²) >= 11 is 0. The zero-order valence-electron chi connectivity index (χ0n) is 14.0. The van der Waals surface area contributed by atoms with Gasteiger partial charge in [-0.1, -0.05) is 17.2 Å². The van der Waals surface area contributed by atoms with Crippen molar-refractivity contribution in [2.24, 2.45) is 5.41 Å². The van der Waals surface area contributed by atoms with Crippen molar-refractivity contribution in [1.82, 2.24) is 0 Å². The second-order valence-electron chi connectivity index (χ2n) is 7.04. The summed E-state index contributed by atoms with van der Waals surface area (Å²) in [5.41, 5.74) is 1.28. The SMILES string of the molecule is CC(C)=CCCC(C)=CC1OC(=O)CC12CC(O)C(O)CC2=O. The van der Waals surface area contributed by atoms with E-state index in [9.17, 15) is 19.8 Å². The van der Waals surface area contributed by atoms with Crippen molar-refractivity contribution in [2.75, 3.05) is 0 Å². The zero-order valence-corrected chi connectivity index (χ0v) is 14.0. The number of aliphatic hydroxyl groups excluding tert-OH is 2. The molecule has 0 radical (unpaired) electrons. The van der Waals surface area contributed by atoms with E-state index in [-0.39, 0.29) is 25.0 Å². The third kappa shape index (κ3) is 3.90. The molecule has 0 bridgehead atoms. The lowest BCUT2D eigenvalue weighted by Gasteiger charge is -2.38. The molecular weight excluding hydrogens is 296 g/mol. The Labute approximate surface area is 137 Å². The first-order valence-corrected chi connectivity index (χ1v) is 8.14. The van der Waals surface area contributed by atoms with Gasteiger partial charge in [-0.05, 0) is 46.1 Å². The van der Waals surface area contributed by atoms with Crippen LogP contribution < -0.4 is 0 Å². The standard InChI is InChI=1S/C18H26O5/c1-11(2)5-4-6-12(3)7-16-18(10-17(22)23-16)9-14(20)13(19)8-15(18)21/h5,7,13-14,16,19-20H,4,6,8-10H2,1-3H3. The van der Waals surface area contributed by atoms with Crippen LogP contribution in [0, 0.1) is 5.41 Å². The maximum Gasteiger partial charge on any atom is 0.307 e. The van der Waals surface area contributed by atoms with E-state index in [0.29, 0.717) is 0 Å². The fourth-order valence-electron chi connectivity index (χ4n) is 3.38. The van der Waals surface area contributed by atoms with E-state index >= 15 is 0 Å². The Balaban J connectivity index is 2.17. The fraction of sp³-hybridized carbons (Fsp3) is 0.667. The molecule has 1 aliphatic heterocycles. The average molecular weight is 322 g/mol. The van der Waals surface area contributed by atoms with Crippen LogP contribution in [0.1, 0.15) is 52.9 Å². The third-order valence-corrected chi connectivity index (χ3v) is 4.76. The van der Waals surface area contributed by atoms with Gasteiger partial charge in [-0.25, -0.2) is 0 Å². The van der Waals surface area contributed by atoms with E-state index in [4.69, 9.17) is 4.74 Å². The van der Waals surface area contributed by atoms with Crippen molar-refractivity contribution in [3.05, 3.63) is 23.3 Å². The van der Waals surface area contributed by atoms with Crippen LogP contribution in [0.15, 0.2) is 23.3 Å². The number of cyclic esters (lactones) is 1. The average Bonchev–Trinajstić information content (AvgIpc) is 2.73. The van der Waals surface area contributed by atoms with Crippen LogP contribution in [-0.2, 0) is 14.3 Å². The zero-order chi connectivity index (χ0) is 17.2. The van der Waals surface area contributed by atoms with Gasteiger partial charge in [0.25, 0.3) is 0 Å². The lowest BCUT2D eigenvalue weighted by atomic mass is 9.66. The van der Waals surface area contributed by atoms with E-state index in [0.717, 1.165) is 18.4 Å². The molecule has 1 saturated heterocycles. The van der Waals surface area contributed by atoms with E-state index in [2.05, 4.69) is 6.08 Å². The predicted octanol–water partition coefficient (Wildman–Crippen LogP) is 2.07. The number of hydrogen-bond acceptors (Lipinski definition) is 5. The number of ketones is 1. The van der Waals surface area contributed by atoms with Crippen molar-refractivity contribution >= 4 is 11.8 Å². The normalized spacial score (nSPS) is 34.7. The Kier molecular flexibility index (Phi) is 5.42. The number of ether oxygens (including phenoxy) is 1. The quantitative estimate of drug-likeness (QED) is 0.611. The molecule has 1 aliphatic carbocycles. The summed E-state index contributed by atoms with van der Waals surface area (Å²) in [4.78, 5) is 24.3. The molecule has 0 amide bonds. The highest BCUT2D eigenvalue weighted by molar-refractivity contribution is 5.93. The highest BCUT2D eigenvalue weighted by Gasteiger charge is 2.57. The first-order valence-electron chi connectivity index (χ1n) is 8.14. The molecule has 0 aromatic heterocycles. The molecule has 4 atom stereocenters. The van der Waals surface area contributed by atoms with E-state index < -0.39 is 29.7 Å². The first-order chi connectivity index (χ1) is 10.7. The van der Waals surface area contributed by atoms with Gasteiger partial charge in [0.1, 0.15) is 11.9 Å². The van der Waals surface area contributed by atoms with Gasteiger partial charge in [-0.3, -0.25) is 9.59 Å². The van der Waals surface area contributed by atoms with Crippen LogP contribution in [0.25, 0.3) is 0 Å². The molecule has 2 aliphatic rings. The van der Waals surface area contributed by atoms with Crippen LogP contribution >= 0.6 is 0 Å². The fourth-order valence-corrected chi connectivity index (χ4v) is 3.38. The molecule has 1 heterocycles. The number of allylic oxidation sites excluding steroid dienone is 3. The largest absolute Gasteiger partial charge is 0.457 e. The minimum atomic E-state index is -1.05. The summed E-state index contributed by atoms with van der Waals surface area (Å²) in [6.07, 6.45) is 2.94. The summed E-state index contributed by atoms with van der Waals surface area (Å²) in [6.45, 7) is 6.04. The second kappa shape index (κ2) is 6.97. The minimum Gasteiger partial charge on any atom is -0.457 e. The third-order valence-electron chi connectivity index (χ3n) is 4.76. The summed E-state index contributed by atoms with van der Waals surface area (Å²) in [5.74, 6) is -0.611. The van der Waals surface area contributed by atoms with Crippen molar-refractivity contribution in [1.29, 1.82) is 0 Å². The Hall–Kier alpha value is -1.46. The molecule has 1 spiro atoms. The Bertz CT molecular complexity index is 544. The summed E-state index contributed by atoms with van der Waals surface area (Å²) in [6, 6.07) is 0. The van der Waals surface area contributed by atoms with Gasteiger partial charge in [0.05, 0.1) is 24.0 Å². The molecule has 2 rings (SSSR count). The highest BCUT2D eigenvalue weighted by atomic mass is 16.6. The van der Waals surface area contributed by atoms with Crippen molar-refractivity contribution in [2.45, 2.75) is 71.2 Å². The van der Waals surface area contributed by atoms with Crippen LogP contribution in [0.5, 0.6) is 0 Å². The Morgan fingerprint density at radius 2 is 1.96 bits per heavy atom. The van der Waals surface area contributed by atoms with Crippen LogP contribution in [-0.4, -0.2) is 40.3 Å². The van der Waals surface area contributed by atoms with Gasteiger partial charge in [0, 0.05) is 6.42 Å². The van der Waals surface area contributed by atoms with Gasteiger partial charge in [0.15, 0.2) is 0 Å². The van der Waals surface area contributed by atoms with Crippen molar-refractivity contribution < 1.29 is 24.5 Å². The second-order valence-corrected chi connectivity index (χ2v) is 7.04. The van der Waals surface area contributed by atoms with Gasteiger partial charge in [-0.15, -0.1) is 0 Å². The van der Waals surface area contributed by atoms with E-state index in [1.807, 2.05) is 26.8 Å². The van der Waals surface area contributed by atoms with Crippen molar-refractivity contribution in [3.63, 3.8) is 0 Å². The maximum absolute atomic E-state index is 12.5. The topological polar surface area (TPSA) is 83.8 Å². The monoisotopic (exact) mass is 322 g/mol. The molecule has 0 aromatic carbocycles. The van der Waals surface area contributed by atoms with Gasteiger partial charge in [0.2, 0.25) is 0 Å². The van der Waals surface area contributed by atoms with E-state index in [1.54, 1.807) is 0 Å². The van der Waals surface area contributed by atoms with Gasteiger partial charge >= 0.3 is 5.97 Å². The number of esters is 1.